The molecule has 0 aliphatic carbocycles. The molecule has 1 heterocycles. The van der Waals surface area contributed by atoms with Crippen LogP contribution in [-0.4, -0.2) is 19.0 Å². The van der Waals surface area contributed by atoms with E-state index in [9.17, 15) is 4.79 Å². The molecule has 0 atom stereocenters. The van der Waals surface area contributed by atoms with Crippen LogP contribution in [0.15, 0.2) is 48.5 Å². The van der Waals surface area contributed by atoms with Gasteiger partial charge in [-0.25, -0.2) is 0 Å². The number of carbonyl (C=O) groups is 1. The van der Waals surface area contributed by atoms with Crippen molar-refractivity contribution in [2.75, 3.05) is 18.0 Å². The molecule has 1 amide bonds. The number of para-hydroxylation sites is 1. The Bertz CT molecular complexity index is 651. The second-order valence-electron chi connectivity index (χ2n) is 5.43. The summed E-state index contributed by atoms with van der Waals surface area (Å²) in [5.74, 6) is 0.0274. The SMILES string of the molecule is CC(=O)NCCc1cccc(N2CCc3ccccc32)c1. The fourth-order valence-electron chi connectivity index (χ4n) is 2.87. The lowest BCUT2D eigenvalue weighted by atomic mass is 10.1. The highest BCUT2D eigenvalue weighted by molar-refractivity contribution is 5.73. The summed E-state index contributed by atoms with van der Waals surface area (Å²) in [6.45, 7) is 3.28. The van der Waals surface area contributed by atoms with Gasteiger partial charge in [0.2, 0.25) is 5.91 Å². The molecule has 21 heavy (non-hydrogen) atoms. The first-order chi connectivity index (χ1) is 10.2. The molecule has 3 rings (SSSR count). The minimum absolute atomic E-state index is 0.0274. The van der Waals surface area contributed by atoms with Gasteiger partial charge in [0.1, 0.15) is 0 Å². The number of carbonyl (C=O) groups excluding carboxylic acids is 1. The van der Waals surface area contributed by atoms with E-state index >= 15 is 0 Å². The van der Waals surface area contributed by atoms with E-state index in [0.29, 0.717) is 6.54 Å². The van der Waals surface area contributed by atoms with Crippen molar-refractivity contribution in [3.63, 3.8) is 0 Å². The first-order valence-corrected chi connectivity index (χ1v) is 7.43. The Morgan fingerprint density at radius 3 is 2.90 bits per heavy atom. The van der Waals surface area contributed by atoms with E-state index in [4.69, 9.17) is 0 Å². The number of fused-ring (bicyclic) bond motifs is 1. The molecule has 1 aliphatic rings. The van der Waals surface area contributed by atoms with E-state index in [1.54, 1.807) is 6.92 Å². The molecule has 108 valence electrons. The topological polar surface area (TPSA) is 32.3 Å². The van der Waals surface area contributed by atoms with Gasteiger partial charge in [0.15, 0.2) is 0 Å². The van der Waals surface area contributed by atoms with Gasteiger partial charge in [-0.15, -0.1) is 0 Å². The zero-order valence-electron chi connectivity index (χ0n) is 12.3. The molecule has 0 saturated heterocycles. The molecule has 2 aromatic carbocycles. The Labute approximate surface area is 125 Å². The highest BCUT2D eigenvalue weighted by Crippen LogP contribution is 2.34. The number of nitrogens with one attached hydrogen (secondary N) is 1. The van der Waals surface area contributed by atoms with Gasteiger partial charge in [0.25, 0.3) is 0 Å². The van der Waals surface area contributed by atoms with Gasteiger partial charge in [-0.1, -0.05) is 30.3 Å². The van der Waals surface area contributed by atoms with Gasteiger partial charge in [0.05, 0.1) is 0 Å². The van der Waals surface area contributed by atoms with Crippen LogP contribution in [-0.2, 0) is 17.6 Å². The normalized spacial score (nSPS) is 13.1. The van der Waals surface area contributed by atoms with Crippen molar-refractivity contribution in [2.45, 2.75) is 19.8 Å². The number of hydrogen-bond donors (Lipinski definition) is 1. The van der Waals surface area contributed by atoms with Crippen molar-refractivity contribution >= 4 is 17.3 Å². The summed E-state index contributed by atoms with van der Waals surface area (Å²) in [6, 6.07) is 17.2. The standard InChI is InChI=1S/C18H20N2O/c1-14(21)19-11-9-15-5-4-7-17(13-15)20-12-10-16-6-2-3-8-18(16)20/h2-8,13H,9-12H2,1H3,(H,19,21). The van der Waals surface area contributed by atoms with E-state index in [-0.39, 0.29) is 5.91 Å². The summed E-state index contributed by atoms with van der Waals surface area (Å²) in [4.78, 5) is 13.3. The van der Waals surface area contributed by atoms with Gasteiger partial charge in [-0.2, -0.15) is 0 Å². The number of amides is 1. The van der Waals surface area contributed by atoms with Crippen molar-refractivity contribution in [1.82, 2.24) is 5.32 Å². The maximum absolute atomic E-state index is 10.9. The Hall–Kier alpha value is -2.29. The van der Waals surface area contributed by atoms with Crippen molar-refractivity contribution in [2.24, 2.45) is 0 Å². The molecule has 0 radical (unpaired) electrons. The third-order valence-electron chi connectivity index (χ3n) is 3.90. The summed E-state index contributed by atoms with van der Waals surface area (Å²) >= 11 is 0. The van der Waals surface area contributed by atoms with Crippen LogP contribution in [0.25, 0.3) is 0 Å². The molecule has 0 spiro atoms. The molecule has 3 nitrogen and oxygen atoms in total. The average molecular weight is 280 g/mol. The minimum atomic E-state index is 0.0274. The van der Waals surface area contributed by atoms with Crippen LogP contribution in [0.5, 0.6) is 0 Å². The predicted molar refractivity (Wildman–Crippen MR) is 86.0 cm³/mol. The van der Waals surface area contributed by atoms with E-state index in [1.165, 1.54) is 22.5 Å². The van der Waals surface area contributed by atoms with Crippen LogP contribution in [0.1, 0.15) is 18.1 Å². The van der Waals surface area contributed by atoms with Gasteiger partial charge < -0.3 is 10.2 Å². The minimum Gasteiger partial charge on any atom is -0.356 e. The van der Waals surface area contributed by atoms with Crippen molar-refractivity contribution in [1.29, 1.82) is 0 Å². The molecule has 1 aliphatic heterocycles. The summed E-state index contributed by atoms with van der Waals surface area (Å²) in [7, 11) is 0. The number of rotatable bonds is 4. The zero-order valence-corrected chi connectivity index (χ0v) is 12.3. The number of anilines is 2. The monoisotopic (exact) mass is 280 g/mol. The molecule has 3 heteroatoms. The molecular formula is C18H20N2O. The maximum Gasteiger partial charge on any atom is 0.216 e. The Morgan fingerprint density at radius 1 is 1.19 bits per heavy atom. The summed E-state index contributed by atoms with van der Waals surface area (Å²) in [5, 5.41) is 2.85. The van der Waals surface area contributed by atoms with Crippen LogP contribution in [0, 0.1) is 0 Å². The molecular weight excluding hydrogens is 260 g/mol. The van der Waals surface area contributed by atoms with Crippen LogP contribution in [0.3, 0.4) is 0 Å². The van der Waals surface area contributed by atoms with E-state index < -0.39 is 0 Å². The predicted octanol–water partition coefficient (Wildman–Crippen LogP) is 3.06. The number of nitrogens with zero attached hydrogens (tertiary/aromatic N) is 1. The lowest BCUT2D eigenvalue weighted by molar-refractivity contribution is -0.118. The van der Waals surface area contributed by atoms with Crippen LogP contribution in [0.2, 0.25) is 0 Å². The first kappa shape index (κ1) is 13.7. The van der Waals surface area contributed by atoms with E-state index in [0.717, 1.165) is 19.4 Å². The van der Waals surface area contributed by atoms with E-state index in [1.807, 2.05) is 0 Å². The third kappa shape index (κ3) is 3.07. The lowest BCUT2D eigenvalue weighted by Crippen LogP contribution is -2.22. The van der Waals surface area contributed by atoms with Gasteiger partial charge >= 0.3 is 0 Å². The summed E-state index contributed by atoms with van der Waals surface area (Å²) in [6.07, 6.45) is 1.97. The number of benzene rings is 2. The smallest absolute Gasteiger partial charge is 0.216 e. The molecule has 0 saturated carbocycles. The highest BCUT2D eigenvalue weighted by Gasteiger charge is 2.19. The number of hydrogen-bond acceptors (Lipinski definition) is 2. The lowest BCUT2D eigenvalue weighted by Gasteiger charge is -2.20. The van der Waals surface area contributed by atoms with Crippen molar-refractivity contribution in [3.8, 4) is 0 Å². The Balaban J connectivity index is 1.76. The maximum atomic E-state index is 10.9. The molecule has 2 aromatic rings. The molecule has 1 N–H and O–H groups in total. The quantitative estimate of drug-likeness (QED) is 0.933. The van der Waals surface area contributed by atoms with Crippen LogP contribution < -0.4 is 10.2 Å². The van der Waals surface area contributed by atoms with Crippen LogP contribution in [0.4, 0.5) is 11.4 Å². The molecule has 0 aromatic heterocycles. The zero-order chi connectivity index (χ0) is 14.7. The Kier molecular flexibility index (Phi) is 3.91. The van der Waals surface area contributed by atoms with Gasteiger partial charge in [-0.3, -0.25) is 4.79 Å². The largest absolute Gasteiger partial charge is 0.356 e. The second kappa shape index (κ2) is 6.00. The first-order valence-electron chi connectivity index (χ1n) is 7.43. The average Bonchev–Trinajstić information content (AvgIpc) is 2.91. The Morgan fingerprint density at radius 2 is 2.05 bits per heavy atom. The van der Waals surface area contributed by atoms with Crippen molar-refractivity contribution in [3.05, 3.63) is 59.7 Å². The fourth-order valence-corrected chi connectivity index (χ4v) is 2.87. The summed E-state index contributed by atoms with van der Waals surface area (Å²) in [5.41, 5.74) is 5.23. The second-order valence-corrected chi connectivity index (χ2v) is 5.43. The highest BCUT2D eigenvalue weighted by atomic mass is 16.1. The van der Waals surface area contributed by atoms with Crippen LogP contribution >= 0.6 is 0 Å². The van der Waals surface area contributed by atoms with E-state index in [2.05, 4.69) is 58.7 Å². The molecule has 0 unspecified atom stereocenters. The molecule has 0 bridgehead atoms. The van der Waals surface area contributed by atoms with Gasteiger partial charge in [0, 0.05) is 31.4 Å². The fraction of sp³-hybridized carbons (Fsp3) is 0.278. The summed E-state index contributed by atoms with van der Waals surface area (Å²) < 4.78 is 0. The van der Waals surface area contributed by atoms with Gasteiger partial charge in [-0.05, 0) is 42.2 Å². The molecule has 0 fully saturated rings. The third-order valence-corrected chi connectivity index (χ3v) is 3.90. The van der Waals surface area contributed by atoms with Crippen molar-refractivity contribution < 1.29 is 4.79 Å².